The molecule has 0 saturated heterocycles. The summed E-state index contributed by atoms with van der Waals surface area (Å²) in [4.78, 5) is 25.1. The first kappa shape index (κ1) is 19.7. The van der Waals surface area contributed by atoms with Crippen LogP contribution >= 0.6 is 0 Å². The van der Waals surface area contributed by atoms with Crippen molar-refractivity contribution in [2.24, 2.45) is 0 Å². The second kappa shape index (κ2) is 8.41. The third-order valence-electron chi connectivity index (χ3n) is 4.62. The van der Waals surface area contributed by atoms with Gasteiger partial charge in [0, 0.05) is 42.3 Å². The van der Waals surface area contributed by atoms with Crippen LogP contribution in [0.5, 0.6) is 0 Å². The Bertz CT molecular complexity index is 1240. The highest BCUT2D eigenvalue weighted by Crippen LogP contribution is 2.30. The highest BCUT2D eigenvalue weighted by molar-refractivity contribution is 5.67. The number of rotatable bonds is 7. The number of hydrogen-bond acceptors (Lipinski definition) is 7. The van der Waals surface area contributed by atoms with E-state index in [1.165, 1.54) is 12.1 Å². The number of nitrogens with one attached hydrogen (secondary N) is 1. The van der Waals surface area contributed by atoms with E-state index in [-0.39, 0.29) is 23.6 Å². The van der Waals surface area contributed by atoms with Crippen molar-refractivity contribution in [2.45, 2.75) is 6.54 Å². The van der Waals surface area contributed by atoms with Gasteiger partial charge in [0.05, 0.1) is 27.3 Å². The van der Waals surface area contributed by atoms with E-state index in [2.05, 4.69) is 15.4 Å². The number of aromatic nitrogens is 3. The zero-order valence-corrected chi connectivity index (χ0v) is 16.1. The monoisotopic (exact) mass is 416 g/mol. The van der Waals surface area contributed by atoms with Crippen molar-refractivity contribution in [3.8, 4) is 16.9 Å². The van der Waals surface area contributed by atoms with E-state index in [1.807, 2.05) is 48.7 Å². The molecular weight excluding hydrogens is 400 g/mol. The Morgan fingerprint density at radius 2 is 1.68 bits per heavy atom. The molecule has 0 aliphatic heterocycles. The minimum atomic E-state index is -0.664. The number of anilines is 1. The van der Waals surface area contributed by atoms with Crippen LogP contribution in [0.1, 0.15) is 5.56 Å². The van der Waals surface area contributed by atoms with Crippen molar-refractivity contribution in [1.29, 1.82) is 0 Å². The lowest BCUT2D eigenvalue weighted by Gasteiger charge is -2.07. The second-order valence-electron chi connectivity index (χ2n) is 6.59. The molecule has 0 spiro atoms. The van der Waals surface area contributed by atoms with Gasteiger partial charge in [0.1, 0.15) is 5.69 Å². The number of nitrogens with zero attached hydrogens (tertiary/aromatic N) is 5. The van der Waals surface area contributed by atoms with E-state index in [9.17, 15) is 20.2 Å². The summed E-state index contributed by atoms with van der Waals surface area (Å²) >= 11 is 0. The molecular formula is C21H16N6O4. The van der Waals surface area contributed by atoms with Gasteiger partial charge in [-0.15, -0.1) is 0 Å². The van der Waals surface area contributed by atoms with Crippen LogP contribution in [0.3, 0.4) is 0 Å². The predicted molar refractivity (Wildman–Crippen MR) is 114 cm³/mol. The van der Waals surface area contributed by atoms with E-state index in [4.69, 9.17) is 0 Å². The van der Waals surface area contributed by atoms with Crippen LogP contribution in [0, 0.1) is 20.2 Å². The van der Waals surface area contributed by atoms with Crippen LogP contribution in [0.2, 0.25) is 0 Å². The van der Waals surface area contributed by atoms with Crippen molar-refractivity contribution in [2.75, 3.05) is 5.32 Å². The Hall–Kier alpha value is -4.60. The van der Waals surface area contributed by atoms with E-state index >= 15 is 0 Å². The van der Waals surface area contributed by atoms with Crippen LogP contribution in [0.15, 0.2) is 79.3 Å². The Balaban J connectivity index is 1.69. The standard InChI is InChI=1S/C21H16N6O4/c28-26(29)18-6-7-19(20(12-18)27(30)31)23-13-16-14-25(17-4-2-1-3-5-17)24-21(16)15-8-10-22-11-9-15/h1-12,14,23H,13H2. The Morgan fingerprint density at radius 1 is 0.935 bits per heavy atom. The molecule has 0 saturated carbocycles. The molecule has 0 bridgehead atoms. The number of hydrogen-bond donors (Lipinski definition) is 1. The van der Waals surface area contributed by atoms with Crippen molar-refractivity contribution < 1.29 is 9.85 Å². The SMILES string of the molecule is O=[N+]([O-])c1ccc(NCc2cn(-c3ccccc3)nc2-c2ccncc2)c([N+](=O)[O-])c1. The van der Waals surface area contributed by atoms with Crippen molar-refractivity contribution in [1.82, 2.24) is 14.8 Å². The number of benzene rings is 2. The first-order valence-electron chi connectivity index (χ1n) is 9.24. The summed E-state index contributed by atoms with van der Waals surface area (Å²) in [5.41, 5.74) is 2.68. The van der Waals surface area contributed by atoms with Crippen LogP contribution < -0.4 is 5.32 Å². The third kappa shape index (κ3) is 4.22. The molecule has 0 aliphatic carbocycles. The lowest BCUT2D eigenvalue weighted by Crippen LogP contribution is -2.04. The van der Waals surface area contributed by atoms with Gasteiger partial charge in [0.15, 0.2) is 0 Å². The number of pyridine rings is 1. The minimum Gasteiger partial charge on any atom is -0.375 e. The quantitative estimate of drug-likeness (QED) is 0.350. The first-order valence-corrected chi connectivity index (χ1v) is 9.24. The summed E-state index contributed by atoms with van der Waals surface area (Å²) < 4.78 is 1.73. The molecule has 10 nitrogen and oxygen atoms in total. The molecule has 0 unspecified atom stereocenters. The summed E-state index contributed by atoms with van der Waals surface area (Å²) in [6, 6.07) is 16.7. The van der Waals surface area contributed by atoms with Gasteiger partial charge >= 0.3 is 0 Å². The normalized spacial score (nSPS) is 10.6. The Labute approximate surface area is 176 Å². The van der Waals surface area contributed by atoms with Gasteiger partial charge in [-0.25, -0.2) is 4.68 Å². The van der Waals surface area contributed by atoms with Crippen LogP contribution in [-0.4, -0.2) is 24.6 Å². The maximum Gasteiger partial charge on any atom is 0.299 e. The molecule has 0 fully saturated rings. The molecule has 2 heterocycles. The smallest absolute Gasteiger partial charge is 0.299 e. The molecule has 10 heteroatoms. The van der Waals surface area contributed by atoms with Crippen LogP contribution in [0.25, 0.3) is 16.9 Å². The fourth-order valence-electron chi connectivity index (χ4n) is 3.13. The highest BCUT2D eigenvalue weighted by atomic mass is 16.6. The van der Waals surface area contributed by atoms with Gasteiger partial charge in [0.2, 0.25) is 0 Å². The first-order chi connectivity index (χ1) is 15.0. The fourth-order valence-corrected chi connectivity index (χ4v) is 3.13. The number of non-ortho nitro benzene ring substituents is 1. The summed E-state index contributed by atoms with van der Waals surface area (Å²) in [5.74, 6) is 0. The molecule has 154 valence electrons. The number of para-hydroxylation sites is 1. The third-order valence-corrected chi connectivity index (χ3v) is 4.62. The highest BCUT2D eigenvalue weighted by Gasteiger charge is 2.20. The van der Waals surface area contributed by atoms with E-state index < -0.39 is 9.85 Å². The average molecular weight is 416 g/mol. The molecule has 0 radical (unpaired) electrons. The van der Waals surface area contributed by atoms with Crippen LogP contribution in [-0.2, 0) is 6.54 Å². The van der Waals surface area contributed by atoms with Crippen molar-refractivity contribution in [3.63, 3.8) is 0 Å². The molecule has 4 aromatic rings. The molecule has 0 atom stereocenters. The van der Waals surface area contributed by atoms with Crippen molar-refractivity contribution in [3.05, 3.63) is 105 Å². The lowest BCUT2D eigenvalue weighted by molar-refractivity contribution is -0.393. The summed E-state index contributed by atoms with van der Waals surface area (Å²) in [6.07, 6.45) is 5.17. The average Bonchev–Trinajstić information content (AvgIpc) is 3.23. The van der Waals surface area contributed by atoms with E-state index in [1.54, 1.807) is 17.1 Å². The zero-order chi connectivity index (χ0) is 21.8. The number of nitro groups is 2. The van der Waals surface area contributed by atoms with Crippen molar-refractivity contribution >= 4 is 17.1 Å². The molecule has 0 aliphatic rings. The van der Waals surface area contributed by atoms with Gasteiger partial charge < -0.3 is 5.32 Å². The lowest BCUT2D eigenvalue weighted by atomic mass is 10.1. The van der Waals surface area contributed by atoms with Gasteiger partial charge in [-0.05, 0) is 30.3 Å². The zero-order valence-electron chi connectivity index (χ0n) is 16.1. The second-order valence-corrected chi connectivity index (χ2v) is 6.59. The van der Waals surface area contributed by atoms with Gasteiger partial charge in [-0.3, -0.25) is 25.2 Å². The Kier molecular flexibility index (Phi) is 5.35. The summed E-state index contributed by atoms with van der Waals surface area (Å²) in [5, 5.41) is 30.1. The van der Waals surface area contributed by atoms with Crippen LogP contribution in [0.4, 0.5) is 17.1 Å². The van der Waals surface area contributed by atoms with Gasteiger partial charge in [0.25, 0.3) is 11.4 Å². The maximum absolute atomic E-state index is 11.4. The Morgan fingerprint density at radius 3 is 2.35 bits per heavy atom. The van der Waals surface area contributed by atoms with Gasteiger partial charge in [-0.1, -0.05) is 18.2 Å². The predicted octanol–water partition coefficient (Wildman–Crippen LogP) is 4.36. The molecule has 1 N–H and O–H groups in total. The summed E-state index contributed by atoms with van der Waals surface area (Å²) in [7, 11) is 0. The molecule has 31 heavy (non-hydrogen) atoms. The molecule has 0 amide bonds. The summed E-state index contributed by atoms with van der Waals surface area (Å²) in [6.45, 7) is 0.225. The topological polar surface area (TPSA) is 129 Å². The molecule has 2 aromatic heterocycles. The molecule has 2 aromatic carbocycles. The van der Waals surface area contributed by atoms with E-state index in [0.29, 0.717) is 5.69 Å². The maximum atomic E-state index is 11.4. The largest absolute Gasteiger partial charge is 0.375 e. The van der Waals surface area contributed by atoms with Gasteiger partial charge in [-0.2, -0.15) is 5.10 Å². The number of nitro benzene ring substituents is 2. The minimum absolute atomic E-state index is 0.184. The molecule has 4 rings (SSSR count). The fraction of sp³-hybridized carbons (Fsp3) is 0.0476. The van der Waals surface area contributed by atoms with E-state index in [0.717, 1.165) is 22.9 Å².